The maximum absolute atomic E-state index is 11.9. The Bertz CT molecular complexity index is 758. The molecule has 0 unspecified atom stereocenters. The van der Waals surface area contributed by atoms with E-state index >= 15 is 0 Å². The number of aryl methyl sites for hydroxylation is 2. The number of anilines is 1. The molecule has 0 aliphatic rings. The standard InChI is InChI=1S/C17H16ClNO4/c1-10-3-5-13(7-11(10)2)23-9-16(20)19-12-4-6-15(18)14(8-12)17(21)22/h3-8H,9H2,1-2H3,(H,19,20)(H,21,22). The highest BCUT2D eigenvalue weighted by Gasteiger charge is 2.11. The normalized spacial score (nSPS) is 10.2. The molecule has 0 atom stereocenters. The van der Waals surface area contributed by atoms with E-state index in [-0.39, 0.29) is 23.1 Å². The zero-order valence-corrected chi connectivity index (χ0v) is 13.5. The van der Waals surface area contributed by atoms with Crippen molar-refractivity contribution in [2.24, 2.45) is 0 Å². The van der Waals surface area contributed by atoms with E-state index in [0.29, 0.717) is 11.4 Å². The molecule has 0 bridgehead atoms. The van der Waals surface area contributed by atoms with Gasteiger partial charge in [-0.15, -0.1) is 0 Å². The number of ether oxygens (including phenoxy) is 1. The number of rotatable bonds is 5. The summed E-state index contributed by atoms with van der Waals surface area (Å²) in [5, 5.41) is 11.7. The largest absolute Gasteiger partial charge is 0.484 e. The van der Waals surface area contributed by atoms with Crippen molar-refractivity contribution >= 4 is 29.2 Å². The second kappa shape index (κ2) is 7.15. The van der Waals surface area contributed by atoms with Gasteiger partial charge in [-0.05, 0) is 55.3 Å². The first-order chi connectivity index (χ1) is 10.9. The first-order valence-electron chi connectivity index (χ1n) is 6.89. The summed E-state index contributed by atoms with van der Waals surface area (Å²) in [6, 6.07) is 9.82. The number of benzene rings is 2. The van der Waals surface area contributed by atoms with E-state index in [1.165, 1.54) is 18.2 Å². The van der Waals surface area contributed by atoms with E-state index < -0.39 is 5.97 Å². The minimum Gasteiger partial charge on any atom is -0.484 e. The number of aromatic carboxylic acids is 1. The molecule has 0 aliphatic heterocycles. The van der Waals surface area contributed by atoms with Crippen LogP contribution >= 0.6 is 11.6 Å². The molecule has 0 aromatic heterocycles. The number of hydrogen-bond acceptors (Lipinski definition) is 3. The molecule has 2 rings (SSSR count). The van der Waals surface area contributed by atoms with E-state index in [9.17, 15) is 9.59 Å². The zero-order chi connectivity index (χ0) is 17.0. The van der Waals surface area contributed by atoms with Gasteiger partial charge in [0.05, 0.1) is 10.6 Å². The Labute approximate surface area is 138 Å². The maximum Gasteiger partial charge on any atom is 0.337 e. The molecule has 1 amide bonds. The number of carbonyl (C=O) groups excluding carboxylic acids is 1. The van der Waals surface area contributed by atoms with Gasteiger partial charge in [-0.1, -0.05) is 17.7 Å². The summed E-state index contributed by atoms with van der Waals surface area (Å²) in [5.41, 5.74) is 2.50. The van der Waals surface area contributed by atoms with Crippen molar-refractivity contribution in [1.82, 2.24) is 0 Å². The van der Waals surface area contributed by atoms with Crippen LogP contribution in [-0.2, 0) is 4.79 Å². The fourth-order valence-corrected chi connectivity index (χ4v) is 2.11. The molecule has 0 saturated carbocycles. The molecule has 0 fully saturated rings. The lowest BCUT2D eigenvalue weighted by molar-refractivity contribution is -0.118. The van der Waals surface area contributed by atoms with Gasteiger partial charge in [-0.2, -0.15) is 0 Å². The highest BCUT2D eigenvalue weighted by atomic mass is 35.5. The molecule has 2 aromatic rings. The monoisotopic (exact) mass is 333 g/mol. The number of carbonyl (C=O) groups is 2. The van der Waals surface area contributed by atoms with Gasteiger partial charge in [-0.25, -0.2) is 4.79 Å². The highest BCUT2D eigenvalue weighted by molar-refractivity contribution is 6.33. The van der Waals surface area contributed by atoms with E-state index in [1.807, 2.05) is 26.0 Å². The third-order valence-corrected chi connectivity index (χ3v) is 3.66. The van der Waals surface area contributed by atoms with Crippen molar-refractivity contribution in [2.75, 3.05) is 11.9 Å². The van der Waals surface area contributed by atoms with Gasteiger partial charge in [0.2, 0.25) is 0 Å². The summed E-state index contributed by atoms with van der Waals surface area (Å²) >= 11 is 5.78. The van der Waals surface area contributed by atoms with Crippen molar-refractivity contribution < 1.29 is 19.4 Å². The van der Waals surface area contributed by atoms with Crippen LogP contribution in [0.4, 0.5) is 5.69 Å². The number of hydrogen-bond donors (Lipinski definition) is 2. The van der Waals surface area contributed by atoms with Crippen molar-refractivity contribution in [2.45, 2.75) is 13.8 Å². The number of carboxylic acid groups (broad SMARTS) is 1. The van der Waals surface area contributed by atoms with Crippen LogP contribution < -0.4 is 10.1 Å². The molecule has 120 valence electrons. The Kier molecular flexibility index (Phi) is 5.24. The lowest BCUT2D eigenvalue weighted by Gasteiger charge is -2.10. The number of nitrogens with one attached hydrogen (secondary N) is 1. The molecule has 2 N–H and O–H groups in total. The van der Waals surface area contributed by atoms with Gasteiger partial charge in [0, 0.05) is 5.69 Å². The Morgan fingerprint density at radius 1 is 1.13 bits per heavy atom. The number of halogens is 1. The third kappa shape index (κ3) is 4.47. The quantitative estimate of drug-likeness (QED) is 0.875. The lowest BCUT2D eigenvalue weighted by Crippen LogP contribution is -2.20. The van der Waals surface area contributed by atoms with E-state index in [2.05, 4.69) is 5.32 Å². The van der Waals surface area contributed by atoms with E-state index in [0.717, 1.165) is 11.1 Å². The van der Waals surface area contributed by atoms with Crippen LogP contribution in [0.5, 0.6) is 5.75 Å². The first kappa shape index (κ1) is 16.8. The lowest BCUT2D eigenvalue weighted by atomic mass is 10.1. The third-order valence-electron chi connectivity index (χ3n) is 3.33. The number of carboxylic acids is 1. The van der Waals surface area contributed by atoms with Gasteiger partial charge in [-0.3, -0.25) is 4.79 Å². The van der Waals surface area contributed by atoms with Crippen LogP contribution in [0, 0.1) is 13.8 Å². The minimum absolute atomic E-state index is 0.0699. The topological polar surface area (TPSA) is 75.6 Å². The van der Waals surface area contributed by atoms with Crippen molar-refractivity contribution in [3.63, 3.8) is 0 Å². The van der Waals surface area contributed by atoms with Crippen LogP contribution in [0.15, 0.2) is 36.4 Å². The van der Waals surface area contributed by atoms with Gasteiger partial charge >= 0.3 is 5.97 Å². The first-order valence-corrected chi connectivity index (χ1v) is 7.27. The van der Waals surface area contributed by atoms with Gasteiger partial charge < -0.3 is 15.2 Å². The summed E-state index contributed by atoms with van der Waals surface area (Å²) in [6.07, 6.45) is 0. The smallest absolute Gasteiger partial charge is 0.337 e. The molecule has 2 aromatic carbocycles. The second-order valence-corrected chi connectivity index (χ2v) is 5.49. The minimum atomic E-state index is -1.16. The van der Waals surface area contributed by atoms with Crippen LogP contribution in [-0.4, -0.2) is 23.6 Å². The molecule has 0 spiro atoms. The Balaban J connectivity index is 1.98. The Hall–Kier alpha value is -2.53. The zero-order valence-electron chi connectivity index (χ0n) is 12.7. The molecular formula is C17H16ClNO4. The van der Waals surface area contributed by atoms with Crippen LogP contribution in [0.25, 0.3) is 0 Å². The summed E-state index contributed by atoms with van der Waals surface area (Å²) < 4.78 is 5.42. The molecule has 0 saturated heterocycles. The fraction of sp³-hybridized carbons (Fsp3) is 0.176. The van der Waals surface area contributed by atoms with E-state index in [4.69, 9.17) is 21.4 Å². The summed E-state index contributed by atoms with van der Waals surface area (Å²) in [7, 11) is 0. The van der Waals surface area contributed by atoms with Gasteiger partial charge in [0.15, 0.2) is 6.61 Å². The highest BCUT2D eigenvalue weighted by Crippen LogP contribution is 2.21. The van der Waals surface area contributed by atoms with Crippen molar-refractivity contribution in [3.05, 3.63) is 58.1 Å². The SMILES string of the molecule is Cc1ccc(OCC(=O)Nc2ccc(Cl)c(C(=O)O)c2)cc1C. The summed E-state index contributed by atoms with van der Waals surface area (Å²) in [6.45, 7) is 3.78. The molecule has 0 radical (unpaired) electrons. The molecule has 0 heterocycles. The summed E-state index contributed by atoms with van der Waals surface area (Å²) in [4.78, 5) is 22.9. The van der Waals surface area contributed by atoms with Crippen LogP contribution in [0.3, 0.4) is 0 Å². The second-order valence-electron chi connectivity index (χ2n) is 5.08. The summed E-state index contributed by atoms with van der Waals surface area (Å²) in [5.74, 6) is -0.940. The molecule has 6 heteroatoms. The number of amides is 1. The van der Waals surface area contributed by atoms with E-state index in [1.54, 1.807) is 6.07 Å². The average Bonchev–Trinajstić information content (AvgIpc) is 2.50. The Morgan fingerprint density at radius 3 is 2.52 bits per heavy atom. The van der Waals surface area contributed by atoms with Crippen molar-refractivity contribution in [1.29, 1.82) is 0 Å². The Morgan fingerprint density at radius 2 is 1.87 bits per heavy atom. The molecular weight excluding hydrogens is 318 g/mol. The average molecular weight is 334 g/mol. The molecule has 0 aliphatic carbocycles. The predicted molar refractivity (Wildman–Crippen MR) is 88.5 cm³/mol. The maximum atomic E-state index is 11.9. The fourth-order valence-electron chi connectivity index (χ4n) is 1.92. The van der Waals surface area contributed by atoms with Crippen molar-refractivity contribution in [3.8, 4) is 5.75 Å². The van der Waals surface area contributed by atoms with Gasteiger partial charge in [0.1, 0.15) is 5.75 Å². The van der Waals surface area contributed by atoms with Crippen LogP contribution in [0.2, 0.25) is 5.02 Å². The van der Waals surface area contributed by atoms with Gasteiger partial charge in [0.25, 0.3) is 5.91 Å². The van der Waals surface area contributed by atoms with Crippen LogP contribution in [0.1, 0.15) is 21.5 Å². The molecule has 23 heavy (non-hydrogen) atoms. The predicted octanol–water partition coefficient (Wildman–Crippen LogP) is 3.67. The molecule has 5 nitrogen and oxygen atoms in total.